The van der Waals surface area contributed by atoms with Crippen molar-refractivity contribution in [2.24, 2.45) is 0 Å². The molecule has 3 atom stereocenters. The van der Waals surface area contributed by atoms with Crippen LogP contribution < -0.4 is 14.5 Å². The van der Waals surface area contributed by atoms with Gasteiger partial charge in [-0.2, -0.15) is 9.97 Å². The van der Waals surface area contributed by atoms with Crippen molar-refractivity contribution in [3.8, 4) is 6.01 Å². The first-order chi connectivity index (χ1) is 22.2. The molecule has 6 rings (SSSR count). The Kier molecular flexibility index (Phi) is 9.27. The van der Waals surface area contributed by atoms with Crippen molar-refractivity contribution in [3.63, 3.8) is 0 Å². The molecule has 13 heteroatoms. The predicted molar refractivity (Wildman–Crippen MR) is 172 cm³/mol. The average Bonchev–Trinajstić information content (AvgIpc) is 3.43. The number of aromatic nitrogens is 2. The van der Waals surface area contributed by atoms with Gasteiger partial charge >= 0.3 is 6.01 Å². The molecule has 3 aromatic rings. The monoisotopic (exact) mass is 651 g/mol. The lowest BCUT2D eigenvalue weighted by Crippen LogP contribution is -2.57. The van der Waals surface area contributed by atoms with Gasteiger partial charge < -0.3 is 29.0 Å². The highest BCUT2D eigenvalue weighted by Gasteiger charge is 2.37. The Balaban J connectivity index is 1.34. The fourth-order valence-electron chi connectivity index (χ4n) is 6.77. The Morgan fingerprint density at radius 3 is 2.72 bits per heavy atom. The molecule has 242 valence electrons. The Morgan fingerprint density at radius 2 is 1.98 bits per heavy atom. The van der Waals surface area contributed by atoms with E-state index in [-0.39, 0.29) is 36.3 Å². The van der Waals surface area contributed by atoms with Crippen LogP contribution in [0.2, 0.25) is 5.02 Å². The normalized spacial score (nSPS) is 21.7. The van der Waals surface area contributed by atoms with E-state index in [1.807, 2.05) is 30.1 Å². The number of likely N-dealkylation sites (N-methyl/N-ethyl adjacent to an activating group) is 1. The molecule has 4 heterocycles. The number of rotatable bonds is 8. The minimum atomic E-state index is -1.04. The van der Waals surface area contributed by atoms with Gasteiger partial charge in [0.1, 0.15) is 24.3 Å². The van der Waals surface area contributed by atoms with E-state index >= 15 is 0 Å². The van der Waals surface area contributed by atoms with Gasteiger partial charge in [-0.15, -0.1) is 0 Å². The summed E-state index contributed by atoms with van der Waals surface area (Å²) in [7, 11) is 3.74. The minimum Gasteiger partial charge on any atom is -0.462 e. The molecule has 0 bridgehead atoms. The molecule has 1 amide bonds. The molecular formula is C33H36ClF2N7O3. The maximum absolute atomic E-state index is 14.6. The number of fused-ring (bicyclic) bond motifs is 2. The lowest BCUT2D eigenvalue weighted by Gasteiger charge is -2.41. The Labute approximate surface area is 272 Å². The van der Waals surface area contributed by atoms with Crippen molar-refractivity contribution >= 4 is 39.8 Å². The summed E-state index contributed by atoms with van der Waals surface area (Å²) in [6, 6.07) is 8.68. The van der Waals surface area contributed by atoms with Crippen LogP contribution in [0.1, 0.15) is 17.7 Å². The molecule has 2 fully saturated rings. The van der Waals surface area contributed by atoms with Crippen molar-refractivity contribution in [2.45, 2.75) is 37.6 Å². The fourth-order valence-corrected chi connectivity index (χ4v) is 7.04. The summed E-state index contributed by atoms with van der Waals surface area (Å²) in [6.07, 6.45) is 1.54. The third-order valence-electron chi connectivity index (χ3n) is 9.24. The number of likely N-dealkylation sites (tertiary alicyclic amines) is 1. The number of ether oxygens (including phenoxy) is 2. The van der Waals surface area contributed by atoms with E-state index in [0.29, 0.717) is 50.4 Å². The van der Waals surface area contributed by atoms with Crippen LogP contribution >= 0.6 is 11.6 Å². The molecular weight excluding hydrogens is 616 g/mol. The fraction of sp³-hybridized carbons (Fsp3) is 0.455. The summed E-state index contributed by atoms with van der Waals surface area (Å²) in [5.74, 6) is -1.63. The van der Waals surface area contributed by atoms with Crippen LogP contribution in [0, 0.1) is 12.4 Å². The van der Waals surface area contributed by atoms with Gasteiger partial charge in [-0.3, -0.25) is 9.69 Å². The van der Waals surface area contributed by atoms with Gasteiger partial charge in [0.15, 0.2) is 5.83 Å². The number of hydrogen-bond donors (Lipinski definition) is 0. The zero-order chi connectivity index (χ0) is 32.5. The van der Waals surface area contributed by atoms with Crippen LogP contribution in [0.4, 0.5) is 20.3 Å². The first kappa shape index (κ1) is 31.9. The third-order valence-corrected chi connectivity index (χ3v) is 9.61. The Morgan fingerprint density at radius 1 is 1.15 bits per heavy atom. The van der Waals surface area contributed by atoms with Crippen molar-refractivity contribution in [1.29, 1.82) is 0 Å². The molecule has 3 aliphatic rings. The number of piperazine rings is 1. The number of halogens is 3. The van der Waals surface area contributed by atoms with Crippen LogP contribution in [0.25, 0.3) is 15.6 Å². The van der Waals surface area contributed by atoms with Crippen LogP contribution in [-0.2, 0) is 22.5 Å². The SMILES string of the molecule is [C-]#[N+]C[C@H]1CN(c2nc(OC[C@@H]3C[C@@H](OC)CN3C)nc3c2CCN(c2cccc4ccc(F)c(Cl)c24)C3)CCN1C(=O)C(=C)F. The number of carbonyl (C=O) groups is 1. The summed E-state index contributed by atoms with van der Waals surface area (Å²) in [5, 5.41) is 1.56. The molecule has 0 saturated carbocycles. The highest BCUT2D eigenvalue weighted by molar-refractivity contribution is 6.36. The number of methoxy groups -OCH3 is 1. The van der Waals surface area contributed by atoms with E-state index < -0.39 is 23.6 Å². The number of amides is 1. The van der Waals surface area contributed by atoms with Crippen molar-refractivity contribution in [2.75, 3.05) is 69.8 Å². The van der Waals surface area contributed by atoms with E-state index in [0.717, 1.165) is 35.3 Å². The second kappa shape index (κ2) is 13.4. The molecule has 0 unspecified atom stereocenters. The van der Waals surface area contributed by atoms with Gasteiger partial charge in [0.2, 0.25) is 6.54 Å². The van der Waals surface area contributed by atoms with Crippen LogP contribution in [0.15, 0.2) is 42.7 Å². The molecule has 0 N–H and O–H groups in total. The molecule has 2 aromatic carbocycles. The smallest absolute Gasteiger partial charge is 0.318 e. The zero-order valence-corrected chi connectivity index (χ0v) is 26.6. The molecule has 0 aliphatic carbocycles. The van der Waals surface area contributed by atoms with Gasteiger partial charge in [0.05, 0.1) is 23.4 Å². The van der Waals surface area contributed by atoms with Crippen molar-refractivity contribution in [1.82, 2.24) is 19.8 Å². The highest BCUT2D eigenvalue weighted by atomic mass is 35.5. The van der Waals surface area contributed by atoms with Crippen molar-refractivity contribution < 1.29 is 23.0 Å². The van der Waals surface area contributed by atoms with Gasteiger partial charge in [-0.25, -0.2) is 15.4 Å². The summed E-state index contributed by atoms with van der Waals surface area (Å²) < 4.78 is 40.2. The second-order valence-corrected chi connectivity index (χ2v) is 12.4. The van der Waals surface area contributed by atoms with Crippen LogP contribution in [-0.4, -0.2) is 104 Å². The number of nitrogens with zero attached hydrogens (tertiary/aromatic N) is 7. The highest BCUT2D eigenvalue weighted by Crippen LogP contribution is 2.38. The van der Waals surface area contributed by atoms with Crippen molar-refractivity contribution in [3.05, 3.63) is 76.3 Å². The standard InChI is InChI=1S/C33H36ClF2N7O3/c1-20(35)32(44)43-13-12-42(16-23(43)15-37-2)31-25-10-11-41(28-7-5-6-21-8-9-26(36)30(34)29(21)28)18-27(25)38-33(39-31)46-19-22-14-24(45-4)17-40(22)3/h5-9,22-24H,1,10-19H2,3-4H3/t22-,23-,24+/m0/s1. The van der Waals surface area contributed by atoms with Crippen LogP contribution in [0.3, 0.4) is 0 Å². The van der Waals surface area contributed by atoms with Gasteiger partial charge in [-0.05, 0) is 37.4 Å². The molecule has 0 radical (unpaired) electrons. The lowest BCUT2D eigenvalue weighted by atomic mass is 10.0. The minimum absolute atomic E-state index is 0.0208. The largest absolute Gasteiger partial charge is 0.462 e. The number of anilines is 2. The molecule has 1 aromatic heterocycles. The van der Waals surface area contributed by atoms with Gasteiger partial charge in [0.25, 0.3) is 5.91 Å². The first-order valence-corrected chi connectivity index (χ1v) is 15.7. The van der Waals surface area contributed by atoms with Gasteiger partial charge in [0, 0.05) is 62.5 Å². The molecule has 46 heavy (non-hydrogen) atoms. The van der Waals surface area contributed by atoms with Gasteiger partial charge in [-0.1, -0.05) is 36.4 Å². The average molecular weight is 652 g/mol. The Hall–Kier alpha value is -4.05. The second-order valence-electron chi connectivity index (χ2n) is 12.0. The number of hydrogen-bond acceptors (Lipinski definition) is 8. The quantitative estimate of drug-likeness (QED) is 0.260. The number of benzene rings is 2. The molecule has 3 aliphatic heterocycles. The lowest BCUT2D eigenvalue weighted by molar-refractivity contribution is -0.131. The Bertz CT molecular complexity index is 1700. The summed E-state index contributed by atoms with van der Waals surface area (Å²) >= 11 is 6.49. The van der Waals surface area contributed by atoms with E-state index in [9.17, 15) is 13.6 Å². The van der Waals surface area contributed by atoms with Crippen LogP contribution in [0.5, 0.6) is 6.01 Å². The summed E-state index contributed by atoms with van der Waals surface area (Å²) in [4.78, 5) is 33.6. The first-order valence-electron chi connectivity index (χ1n) is 15.3. The zero-order valence-electron chi connectivity index (χ0n) is 25.9. The maximum atomic E-state index is 14.6. The molecule has 0 spiro atoms. The number of carbonyl (C=O) groups excluding carboxylic acids is 1. The third kappa shape index (κ3) is 6.19. The maximum Gasteiger partial charge on any atom is 0.318 e. The summed E-state index contributed by atoms with van der Waals surface area (Å²) in [5.41, 5.74) is 2.52. The van der Waals surface area contributed by atoms with E-state index in [4.69, 9.17) is 37.6 Å². The molecule has 10 nitrogen and oxygen atoms in total. The molecule has 2 saturated heterocycles. The topological polar surface area (TPSA) is 78.6 Å². The van der Waals surface area contributed by atoms with E-state index in [1.165, 1.54) is 11.0 Å². The summed E-state index contributed by atoms with van der Waals surface area (Å²) in [6.45, 7) is 13.7. The van der Waals surface area contributed by atoms with E-state index in [2.05, 4.69) is 21.2 Å². The predicted octanol–water partition coefficient (Wildman–Crippen LogP) is 4.50. The van der Waals surface area contributed by atoms with E-state index in [1.54, 1.807) is 13.2 Å².